The summed E-state index contributed by atoms with van der Waals surface area (Å²) in [6.45, 7) is -0.0402. The topological polar surface area (TPSA) is 99.9 Å². The van der Waals surface area contributed by atoms with E-state index in [1.54, 1.807) is 24.3 Å². The summed E-state index contributed by atoms with van der Waals surface area (Å²) in [5.41, 5.74) is 7.36. The molecular weight excluding hydrogens is 304 g/mol. The highest BCUT2D eigenvalue weighted by atomic mass is 19.2. The Labute approximate surface area is 132 Å². The summed E-state index contributed by atoms with van der Waals surface area (Å²) in [6.07, 6.45) is 0. The number of rotatable bonds is 6. The highest BCUT2D eigenvalue weighted by molar-refractivity contribution is 6.02. The summed E-state index contributed by atoms with van der Waals surface area (Å²) < 4.78 is 26.3. The molecule has 6 nitrogen and oxygen atoms in total. The van der Waals surface area contributed by atoms with E-state index in [-0.39, 0.29) is 19.0 Å². The molecule has 0 unspecified atom stereocenters. The van der Waals surface area contributed by atoms with Gasteiger partial charge >= 0.3 is 0 Å². The van der Waals surface area contributed by atoms with Crippen LogP contribution in [0.4, 0.5) is 20.2 Å². The summed E-state index contributed by atoms with van der Waals surface area (Å²) in [4.78, 5) is 0. The van der Waals surface area contributed by atoms with Crippen LogP contribution in [0.5, 0.6) is 0 Å². The predicted molar refractivity (Wildman–Crippen MR) is 84.8 cm³/mol. The third-order valence-corrected chi connectivity index (χ3v) is 2.97. The second kappa shape index (κ2) is 7.52. The van der Waals surface area contributed by atoms with Crippen molar-refractivity contribution in [2.45, 2.75) is 0 Å². The first-order valence-corrected chi connectivity index (χ1v) is 6.80. The molecule has 23 heavy (non-hydrogen) atoms. The summed E-state index contributed by atoms with van der Waals surface area (Å²) in [5.74, 6) is 3.80. The van der Waals surface area contributed by atoms with Gasteiger partial charge in [0, 0.05) is 23.0 Å². The molecule has 0 heterocycles. The fraction of sp³-hybridized carbons (Fsp3) is 0.133. The fourth-order valence-electron chi connectivity index (χ4n) is 1.89. The predicted octanol–water partition coefficient (Wildman–Crippen LogP) is 1.50. The van der Waals surface area contributed by atoms with Gasteiger partial charge < -0.3 is 16.2 Å². The van der Waals surface area contributed by atoms with Crippen LogP contribution in [0.25, 0.3) is 0 Å². The van der Waals surface area contributed by atoms with Gasteiger partial charge in [-0.1, -0.05) is 12.1 Å². The Bertz CT molecular complexity index is 708. The number of aliphatic hydroxyl groups is 1. The van der Waals surface area contributed by atoms with Crippen LogP contribution in [0, 0.1) is 11.6 Å². The second-order valence-corrected chi connectivity index (χ2v) is 4.67. The van der Waals surface area contributed by atoms with Crippen molar-refractivity contribution in [2.24, 2.45) is 16.7 Å². The van der Waals surface area contributed by atoms with E-state index in [1.165, 1.54) is 6.07 Å². The van der Waals surface area contributed by atoms with Crippen molar-refractivity contribution >= 4 is 17.2 Å². The van der Waals surface area contributed by atoms with E-state index >= 15 is 0 Å². The number of hydrogen-bond acceptors (Lipinski definition) is 5. The molecule has 0 radical (unpaired) electrons. The monoisotopic (exact) mass is 321 g/mol. The Hall–Kier alpha value is -2.71. The molecule has 0 aromatic heterocycles. The van der Waals surface area contributed by atoms with Crippen LogP contribution in [-0.2, 0) is 0 Å². The van der Waals surface area contributed by atoms with E-state index < -0.39 is 11.6 Å². The van der Waals surface area contributed by atoms with Crippen LogP contribution in [0.1, 0.15) is 5.56 Å². The van der Waals surface area contributed by atoms with Gasteiger partial charge in [0.2, 0.25) is 0 Å². The number of nitrogens with two attached hydrogens (primary N) is 2. The molecule has 0 aliphatic rings. The molecule has 2 aromatic carbocycles. The summed E-state index contributed by atoms with van der Waals surface area (Å²) in [6, 6.07) is 10.4. The fourth-order valence-corrected chi connectivity index (χ4v) is 1.89. The van der Waals surface area contributed by atoms with Gasteiger partial charge in [-0.05, 0) is 24.3 Å². The molecule has 0 atom stereocenters. The van der Waals surface area contributed by atoms with E-state index in [9.17, 15) is 8.78 Å². The Balaban J connectivity index is 2.28. The van der Waals surface area contributed by atoms with Crippen molar-refractivity contribution < 1.29 is 13.9 Å². The summed E-state index contributed by atoms with van der Waals surface area (Å²) >= 11 is 0. The minimum atomic E-state index is -0.954. The highest BCUT2D eigenvalue weighted by Gasteiger charge is 2.09. The number of anilines is 2. The van der Waals surface area contributed by atoms with Gasteiger partial charge in [0.05, 0.1) is 13.2 Å². The number of amidine groups is 1. The lowest BCUT2D eigenvalue weighted by Crippen LogP contribution is -2.32. The average Bonchev–Trinajstić information content (AvgIpc) is 2.51. The third kappa shape index (κ3) is 4.38. The maximum Gasteiger partial charge on any atom is 0.160 e. The Morgan fingerprint density at radius 1 is 1.17 bits per heavy atom. The maximum absolute atomic E-state index is 13.3. The van der Waals surface area contributed by atoms with Crippen LogP contribution in [0.15, 0.2) is 47.6 Å². The Kier molecular flexibility index (Phi) is 5.45. The van der Waals surface area contributed by atoms with Crippen LogP contribution >= 0.6 is 0 Å². The van der Waals surface area contributed by atoms with Crippen molar-refractivity contribution in [1.82, 2.24) is 5.12 Å². The molecule has 0 aliphatic carbocycles. The molecular formula is C15H17F2N5O. The lowest BCUT2D eigenvalue weighted by Gasteiger charge is -2.15. The van der Waals surface area contributed by atoms with E-state index in [1.807, 2.05) is 0 Å². The molecule has 2 rings (SSSR count). The molecule has 0 spiro atoms. The van der Waals surface area contributed by atoms with Gasteiger partial charge in [-0.25, -0.2) is 19.7 Å². The number of aliphatic hydroxyl groups excluding tert-OH is 1. The first-order chi connectivity index (χ1) is 11.0. The first kappa shape index (κ1) is 16.7. The van der Waals surface area contributed by atoms with E-state index in [2.05, 4.69) is 10.4 Å². The van der Waals surface area contributed by atoms with Crippen LogP contribution in [-0.4, -0.2) is 29.2 Å². The van der Waals surface area contributed by atoms with E-state index in [4.69, 9.17) is 16.7 Å². The standard InChI is InChI=1S/C15H17F2N5O/c16-12-6-5-10(9-13(12)17)20-14-4-2-1-3-11(14)15(18)21-22(19)7-8-23/h1-6,9,20,23H,7-8,19H2,(H2,18,21). The zero-order valence-corrected chi connectivity index (χ0v) is 12.2. The normalized spacial score (nSPS) is 11.4. The van der Waals surface area contributed by atoms with Gasteiger partial charge in [-0.3, -0.25) is 0 Å². The average molecular weight is 321 g/mol. The molecule has 8 heteroatoms. The maximum atomic E-state index is 13.3. The highest BCUT2D eigenvalue weighted by Crippen LogP contribution is 2.22. The Morgan fingerprint density at radius 2 is 1.91 bits per heavy atom. The van der Waals surface area contributed by atoms with Gasteiger partial charge in [0.15, 0.2) is 17.5 Å². The second-order valence-electron chi connectivity index (χ2n) is 4.67. The molecule has 0 saturated carbocycles. The summed E-state index contributed by atoms with van der Waals surface area (Å²) in [7, 11) is 0. The lowest BCUT2D eigenvalue weighted by atomic mass is 10.1. The third-order valence-electron chi connectivity index (χ3n) is 2.97. The number of hydrazine groups is 1. The molecule has 2 aromatic rings. The molecule has 6 N–H and O–H groups in total. The number of nitrogens with zero attached hydrogens (tertiary/aromatic N) is 2. The zero-order chi connectivity index (χ0) is 16.8. The van der Waals surface area contributed by atoms with Gasteiger partial charge in [-0.2, -0.15) is 0 Å². The number of hydrazone groups is 1. The quantitative estimate of drug-likeness (QED) is 0.280. The van der Waals surface area contributed by atoms with E-state index in [0.717, 1.165) is 17.3 Å². The van der Waals surface area contributed by atoms with Gasteiger partial charge in [0.25, 0.3) is 0 Å². The summed E-state index contributed by atoms with van der Waals surface area (Å²) in [5, 5.41) is 16.7. The van der Waals surface area contributed by atoms with Crippen molar-refractivity contribution in [3.05, 3.63) is 59.7 Å². The molecule has 0 bridgehead atoms. The van der Waals surface area contributed by atoms with Crippen LogP contribution in [0.3, 0.4) is 0 Å². The van der Waals surface area contributed by atoms with Crippen molar-refractivity contribution in [3.8, 4) is 0 Å². The molecule has 0 saturated heterocycles. The van der Waals surface area contributed by atoms with Crippen molar-refractivity contribution in [3.63, 3.8) is 0 Å². The number of hydrogen-bond donors (Lipinski definition) is 4. The zero-order valence-electron chi connectivity index (χ0n) is 12.2. The minimum Gasteiger partial charge on any atom is -0.394 e. The SMILES string of the molecule is N/C(=N\N(N)CCO)c1ccccc1Nc1ccc(F)c(F)c1. The number of benzene rings is 2. The molecule has 0 aliphatic heterocycles. The lowest BCUT2D eigenvalue weighted by molar-refractivity contribution is 0.204. The van der Waals surface area contributed by atoms with Crippen molar-refractivity contribution in [1.29, 1.82) is 0 Å². The van der Waals surface area contributed by atoms with Gasteiger partial charge in [0.1, 0.15) is 0 Å². The molecule has 0 fully saturated rings. The smallest absolute Gasteiger partial charge is 0.160 e. The Morgan fingerprint density at radius 3 is 2.61 bits per heavy atom. The number of halogens is 2. The van der Waals surface area contributed by atoms with Crippen molar-refractivity contribution in [2.75, 3.05) is 18.5 Å². The first-order valence-electron chi connectivity index (χ1n) is 6.80. The molecule has 0 amide bonds. The van der Waals surface area contributed by atoms with E-state index in [0.29, 0.717) is 16.9 Å². The van der Waals surface area contributed by atoms with Gasteiger partial charge in [-0.15, -0.1) is 5.10 Å². The van der Waals surface area contributed by atoms with Crippen LogP contribution in [0.2, 0.25) is 0 Å². The minimum absolute atomic E-state index is 0.117. The molecule has 122 valence electrons. The van der Waals surface area contributed by atoms with Crippen LogP contribution < -0.4 is 16.9 Å². The largest absolute Gasteiger partial charge is 0.394 e. The number of nitrogens with one attached hydrogen (secondary N) is 1. The number of para-hydroxylation sites is 1.